The largest absolute Gasteiger partial charge is 0.494 e. The van der Waals surface area contributed by atoms with E-state index in [0.29, 0.717) is 41.3 Å². The third-order valence-corrected chi connectivity index (χ3v) is 11.0. The molecule has 3 unspecified atom stereocenters. The van der Waals surface area contributed by atoms with Crippen LogP contribution >= 0.6 is 0 Å². The molecular formula is C44H53F2N11O6. The number of ether oxygens (including phenoxy) is 1. The number of halogens is 2. The zero-order valence-corrected chi connectivity index (χ0v) is 35.6. The number of hydrogen-bond acceptors (Lipinski definition) is 10. The number of rotatable bonds is 20. The van der Waals surface area contributed by atoms with Gasteiger partial charge < -0.3 is 47.9 Å². The molecule has 0 spiro atoms. The number of allylic oxidation sites excluding steroid dienone is 2. The minimum atomic E-state index is -1.15. The monoisotopic (exact) mass is 869 g/mol. The van der Waals surface area contributed by atoms with E-state index in [0.717, 1.165) is 29.7 Å². The third kappa shape index (κ3) is 11.0. The number of fused-ring (bicyclic) bond motifs is 1. The van der Waals surface area contributed by atoms with Crippen LogP contribution in [0.3, 0.4) is 0 Å². The van der Waals surface area contributed by atoms with Gasteiger partial charge in [0.15, 0.2) is 29.0 Å². The Balaban J connectivity index is 1.09. The summed E-state index contributed by atoms with van der Waals surface area (Å²) in [6, 6.07) is 5.82. The number of benzene rings is 2. The Morgan fingerprint density at radius 2 is 1.84 bits per heavy atom. The number of carbonyl (C=O) groups is 4. The molecule has 4 atom stereocenters. The van der Waals surface area contributed by atoms with Gasteiger partial charge in [0.2, 0.25) is 17.6 Å². The minimum Gasteiger partial charge on any atom is -0.494 e. The summed E-state index contributed by atoms with van der Waals surface area (Å²) in [4.78, 5) is 64.0. The summed E-state index contributed by atoms with van der Waals surface area (Å²) < 4.78 is 36.8. The van der Waals surface area contributed by atoms with Crippen LogP contribution < -0.4 is 42.8 Å². The van der Waals surface area contributed by atoms with Gasteiger partial charge in [0.05, 0.1) is 43.3 Å². The Labute approximate surface area is 362 Å². The Morgan fingerprint density at radius 3 is 2.51 bits per heavy atom. The smallest absolute Gasteiger partial charge is 0.303 e. The van der Waals surface area contributed by atoms with Gasteiger partial charge in [-0.2, -0.15) is 4.39 Å². The molecule has 2 aliphatic rings. The van der Waals surface area contributed by atoms with Gasteiger partial charge in [-0.25, -0.2) is 14.4 Å². The first kappa shape index (κ1) is 45.6. The summed E-state index contributed by atoms with van der Waals surface area (Å²) in [5.41, 5.74) is 17.5. The lowest BCUT2D eigenvalue weighted by molar-refractivity contribution is -0.137. The number of aryl methyl sites for hydroxylation is 1. The average molecular weight is 870 g/mol. The molecule has 0 bridgehead atoms. The summed E-state index contributed by atoms with van der Waals surface area (Å²) >= 11 is 0. The van der Waals surface area contributed by atoms with Crippen LogP contribution in [0.5, 0.6) is 5.75 Å². The van der Waals surface area contributed by atoms with Gasteiger partial charge in [0, 0.05) is 48.4 Å². The highest BCUT2D eigenvalue weighted by Gasteiger charge is 2.27. The Kier molecular flexibility index (Phi) is 14.7. The number of carboxylic acids is 1. The van der Waals surface area contributed by atoms with Crippen molar-refractivity contribution in [2.24, 2.45) is 16.5 Å². The number of hydrogen-bond donors (Lipinski definition) is 8. The van der Waals surface area contributed by atoms with Crippen molar-refractivity contribution < 1.29 is 37.8 Å². The molecule has 4 aromatic rings. The summed E-state index contributed by atoms with van der Waals surface area (Å²) in [5, 5.41) is 23.5. The van der Waals surface area contributed by atoms with Crippen molar-refractivity contribution >= 4 is 46.8 Å². The standard InChI is InChI=1S/C44H53F2N11O6/c1-5-25-19-26(53-39-40-51-21-34(30-11-13-35(63-4)38(46)37(30)45)57(40)22-33(55-39)28-9-7-24(28)3)8-10-29(25)41(60)49-15-6-16-50-43(62)32(56-42(61)31(47)12-14-36(58)59)20-52-44(48)54-27-17-23(2)18-27/h7-8,10-11,13,17,19,21-22,27-28,31-32H,5-6,9,12,14-16,18,20,47H2,1-4H3,(H,49,60)(H,50,62)(H,53,55)(H,56,61)(H,58,59)(H3,48,52,54)/t27?,28?,31-,32?/m0/s1. The lowest BCUT2D eigenvalue weighted by atomic mass is 9.83. The highest BCUT2D eigenvalue weighted by atomic mass is 19.2. The highest BCUT2D eigenvalue weighted by molar-refractivity contribution is 5.96. The average Bonchev–Trinajstić information content (AvgIpc) is 3.67. The van der Waals surface area contributed by atoms with Crippen LogP contribution in [0.15, 0.2) is 71.0 Å². The molecule has 10 N–H and O–H groups in total. The molecule has 17 nitrogen and oxygen atoms in total. The van der Waals surface area contributed by atoms with E-state index in [-0.39, 0.29) is 67.6 Å². The first-order chi connectivity index (χ1) is 30.2. The van der Waals surface area contributed by atoms with E-state index in [1.54, 1.807) is 22.7 Å². The number of nitrogens with two attached hydrogens (primary N) is 2. The molecular weight excluding hydrogens is 817 g/mol. The van der Waals surface area contributed by atoms with E-state index in [2.05, 4.69) is 42.6 Å². The lowest BCUT2D eigenvalue weighted by Gasteiger charge is -2.25. The fourth-order valence-electron chi connectivity index (χ4n) is 7.27. The van der Waals surface area contributed by atoms with E-state index >= 15 is 4.39 Å². The van der Waals surface area contributed by atoms with Crippen LogP contribution in [-0.4, -0.2) is 94.0 Å². The van der Waals surface area contributed by atoms with Crippen molar-refractivity contribution in [2.45, 2.75) is 83.3 Å². The molecule has 2 heterocycles. The molecule has 0 aliphatic heterocycles. The topological polar surface area (TPSA) is 252 Å². The molecule has 334 valence electrons. The van der Waals surface area contributed by atoms with Gasteiger partial charge in [-0.1, -0.05) is 30.2 Å². The molecule has 0 radical (unpaired) electrons. The quantitative estimate of drug-likeness (QED) is 0.0272. The molecule has 0 fully saturated rings. The van der Waals surface area contributed by atoms with Crippen LogP contribution in [0.2, 0.25) is 0 Å². The minimum absolute atomic E-state index is 0.0106. The summed E-state index contributed by atoms with van der Waals surface area (Å²) in [6.07, 6.45) is 9.38. The molecule has 63 heavy (non-hydrogen) atoms. The van der Waals surface area contributed by atoms with Gasteiger partial charge in [-0.15, -0.1) is 0 Å². The maximum atomic E-state index is 15.3. The van der Waals surface area contributed by atoms with E-state index in [1.165, 1.54) is 31.0 Å². The van der Waals surface area contributed by atoms with Gasteiger partial charge in [0.1, 0.15) is 6.04 Å². The number of methoxy groups -OCH3 is 1. The second-order valence-corrected chi connectivity index (χ2v) is 15.6. The molecule has 6 rings (SSSR count). The second-order valence-electron chi connectivity index (χ2n) is 15.6. The number of aliphatic imine (C=N–C) groups is 1. The zero-order valence-electron chi connectivity index (χ0n) is 35.6. The number of imidazole rings is 1. The number of aromatic nitrogens is 3. The number of carboxylic acid groups (broad SMARTS) is 1. The highest BCUT2D eigenvalue weighted by Crippen LogP contribution is 2.38. The van der Waals surface area contributed by atoms with Crippen LogP contribution in [0.1, 0.15) is 80.4 Å². The number of nitrogens with zero attached hydrogens (tertiary/aromatic N) is 4. The fraction of sp³-hybridized carbons (Fsp3) is 0.386. The van der Waals surface area contributed by atoms with E-state index in [9.17, 15) is 23.6 Å². The van der Waals surface area contributed by atoms with E-state index in [1.807, 2.05) is 32.9 Å². The fourth-order valence-corrected chi connectivity index (χ4v) is 7.27. The molecule has 0 saturated heterocycles. The lowest BCUT2D eigenvalue weighted by Crippen LogP contribution is -2.53. The van der Waals surface area contributed by atoms with Gasteiger partial charge >= 0.3 is 5.97 Å². The maximum Gasteiger partial charge on any atom is 0.303 e. The zero-order chi connectivity index (χ0) is 45.4. The van der Waals surface area contributed by atoms with Crippen molar-refractivity contribution in [3.63, 3.8) is 0 Å². The van der Waals surface area contributed by atoms with Crippen molar-refractivity contribution in [3.05, 3.63) is 94.5 Å². The van der Waals surface area contributed by atoms with E-state index < -0.39 is 41.5 Å². The molecule has 2 aromatic heterocycles. The number of carbonyl (C=O) groups excluding carboxylic acids is 3. The number of anilines is 2. The SMILES string of the molecule is CCc1cc(Nc2nc(C3CC=C3C)cn3c(-c4ccc(OC)c(F)c4F)cnc23)ccc1C(=O)NCCCNC(=O)C(CN=C(N)NC1C=C(C)C1)NC(=O)[C@@H](N)CCC(=O)O. The van der Waals surface area contributed by atoms with Gasteiger partial charge in [-0.05, 0) is 81.8 Å². The molecule has 0 saturated carbocycles. The Bertz CT molecular complexity index is 2490. The van der Waals surface area contributed by atoms with Crippen molar-refractivity contribution in [1.29, 1.82) is 0 Å². The number of aliphatic carboxylic acids is 1. The number of amides is 3. The predicted octanol–water partition coefficient (Wildman–Crippen LogP) is 3.96. The van der Waals surface area contributed by atoms with Crippen LogP contribution in [0.4, 0.5) is 20.3 Å². The second kappa shape index (κ2) is 20.3. The summed E-state index contributed by atoms with van der Waals surface area (Å²) in [6.45, 7) is 6.09. The van der Waals surface area contributed by atoms with Crippen LogP contribution in [-0.2, 0) is 20.8 Å². The Morgan fingerprint density at radius 1 is 1.08 bits per heavy atom. The van der Waals surface area contributed by atoms with Gasteiger partial charge in [-0.3, -0.25) is 28.6 Å². The maximum absolute atomic E-state index is 15.3. The first-order valence-electron chi connectivity index (χ1n) is 20.7. The third-order valence-electron chi connectivity index (χ3n) is 11.0. The Hall–Kier alpha value is -6.89. The molecule has 19 heteroatoms. The normalized spacial score (nSPS) is 16.7. The predicted molar refractivity (Wildman–Crippen MR) is 234 cm³/mol. The number of guanidine groups is 1. The summed E-state index contributed by atoms with van der Waals surface area (Å²) in [7, 11) is 1.27. The van der Waals surface area contributed by atoms with E-state index in [4.69, 9.17) is 26.3 Å². The van der Waals surface area contributed by atoms with Crippen LogP contribution in [0.25, 0.3) is 16.9 Å². The molecule has 2 aromatic carbocycles. The summed E-state index contributed by atoms with van der Waals surface area (Å²) in [5.74, 6) is -4.53. The van der Waals surface area contributed by atoms with Gasteiger partial charge in [0.25, 0.3) is 5.91 Å². The molecule has 3 amide bonds. The molecule has 2 aliphatic carbocycles. The van der Waals surface area contributed by atoms with Crippen LogP contribution in [0, 0.1) is 11.6 Å². The number of nitrogens with one attached hydrogen (secondary N) is 5. The van der Waals surface area contributed by atoms with Crippen molar-refractivity contribution in [3.8, 4) is 17.0 Å². The first-order valence-corrected chi connectivity index (χ1v) is 20.7. The van der Waals surface area contributed by atoms with Crippen molar-refractivity contribution in [1.82, 2.24) is 35.6 Å². The van der Waals surface area contributed by atoms with Crippen molar-refractivity contribution in [2.75, 3.05) is 32.1 Å².